The first-order chi connectivity index (χ1) is 9.37. The van der Waals surface area contributed by atoms with Crippen molar-refractivity contribution in [2.24, 2.45) is 16.7 Å². The first kappa shape index (κ1) is 14.8. The molecule has 1 spiro atoms. The maximum Gasteiger partial charge on any atom is 0.0741 e. The molecule has 0 amide bonds. The van der Waals surface area contributed by atoms with Gasteiger partial charge < -0.3 is 14.8 Å². The summed E-state index contributed by atoms with van der Waals surface area (Å²) in [6, 6.07) is 0.633. The summed E-state index contributed by atoms with van der Waals surface area (Å²) in [5.74, 6) is 0.809. The number of hydrogen-bond donors (Lipinski definition) is 1. The quantitative estimate of drug-likeness (QED) is 0.862. The summed E-state index contributed by atoms with van der Waals surface area (Å²) in [5, 5.41) is 3.85. The fourth-order valence-electron chi connectivity index (χ4n) is 4.42. The minimum Gasteiger partial charge on any atom is -0.381 e. The van der Waals surface area contributed by atoms with Gasteiger partial charge in [0.2, 0.25) is 0 Å². The lowest BCUT2D eigenvalue weighted by atomic mass is 9.84. The fourth-order valence-corrected chi connectivity index (χ4v) is 4.42. The highest BCUT2D eigenvalue weighted by Crippen LogP contribution is 2.68. The van der Waals surface area contributed by atoms with Crippen molar-refractivity contribution in [3.05, 3.63) is 0 Å². The number of rotatable bonds is 3. The van der Waals surface area contributed by atoms with Crippen molar-refractivity contribution in [1.82, 2.24) is 5.32 Å². The number of nitrogens with one attached hydrogen (secondary N) is 1. The monoisotopic (exact) mass is 281 g/mol. The molecule has 20 heavy (non-hydrogen) atoms. The van der Waals surface area contributed by atoms with E-state index in [1.165, 1.54) is 6.42 Å². The van der Waals surface area contributed by atoms with Crippen LogP contribution in [0.4, 0.5) is 0 Å². The third-order valence-electron chi connectivity index (χ3n) is 6.83. The zero-order valence-corrected chi connectivity index (χ0v) is 13.6. The van der Waals surface area contributed by atoms with Gasteiger partial charge in [-0.1, -0.05) is 27.7 Å². The van der Waals surface area contributed by atoms with Gasteiger partial charge in [-0.05, 0) is 49.0 Å². The molecule has 3 rings (SSSR count). The van der Waals surface area contributed by atoms with Gasteiger partial charge in [-0.25, -0.2) is 0 Å². The van der Waals surface area contributed by atoms with Crippen LogP contribution < -0.4 is 5.32 Å². The minimum absolute atomic E-state index is 0.114. The molecule has 2 saturated heterocycles. The maximum absolute atomic E-state index is 6.12. The Morgan fingerprint density at radius 2 is 1.65 bits per heavy atom. The van der Waals surface area contributed by atoms with Crippen LogP contribution in [0.1, 0.15) is 53.4 Å². The van der Waals surface area contributed by atoms with Gasteiger partial charge in [0.15, 0.2) is 0 Å². The molecule has 0 aromatic heterocycles. The molecule has 0 aromatic rings. The van der Waals surface area contributed by atoms with Crippen molar-refractivity contribution in [1.29, 1.82) is 0 Å². The van der Waals surface area contributed by atoms with Crippen LogP contribution in [0, 0.1) is 16.7 Å². The Balaban J connectivity index is 1.51. The van der Waals surface area contributed by atoms with Crippen molar-refractivity contribution in [3.63, 3.8) is 0 Å². The standard InChI is InChI=1S/C17H31NO2/c1-15(2)14(16(15,3)4)12-18-13-5-8-20-17(11-13)6-9-19-10-7-17/h13-14,18H,5-12H2,1-4H3. The molecule has 0 bridgehead atoms. The Kier molecular flexibility index (Phi) is 3.67. The van der Waals surface area contributed by atoms with Crippen LogP contribution in [-0.2, 0) is 9.47 Å². The molecule has 1 saturated carbocycles. The van der Waals surface area contributed by atoms with Gasteiger partial charge in [0.1, 0.15) is 0 Å². The molecule has 3 aliphatic rings. The van der Waals surface area contributed by atoms with Gasteiger partial charge >= 0.3 is 0 Å². The third kappa shape index (κ3) is 2.42. The molecular formula is C17H31NO2. The molecule has 0 radical (unpaired) electrons. The largest absolute Gasteiger partial charge is 0.381 e. The van der Waals surface area contributed by atoms with E-state index in [0.717, 1.165) is 51.5 Å². The summed E-state index contributed by atoms with van der Waals surface area (Å²) in [6.07, 6.45) is 4.48. The predicted octanol–water partition coefficient (Wildman–Crippen LogP) is 2.99. The van der Waals surface area contributed by atoms with Gasteiger partial charge in [0.05, 0.1) is 5.60 Å². The highest BCUT2D eigenvalue weighted by atomic mass is 16.5. The van der Waals surface area contributed by atoms with Gasteiger partial charge in [-0.15, -0.1) is 0 Å². The average Bonchev–Trinajstić information content (AvgIpc) is 2.78. The topological polar surface area (TPSA) is 30.5 Å². The molecule has 0 aromatic carbocycles. The molecular weight excluding hydrogens is 250 g/mol. The van der Waals surface area contributed by atoms with E-state index in [-0.39, 0.29) is 5.60 Å². The predicted molar refractivity (Wildman–Crippen MR) is 80.8 cm³/mol. The summed E-state index contributed by atoms with van der Waals surface area (Å²) in [7, 11) is 0. The Hall–Kier alpha value is -0.120. The van der Waals surface area contributed by atoms with E-state index in [9.17, 15) is 0 Å². The lowest BCUT2D eigenvalue weighted by molar-refractivity contribution is -0.140. The second-order valence-electron chi connectivity index (χ2n) is 8.24. The van der Waals surface area contributed by atoms with E-state index in [2.05, 4.69) is 33.0 Å². The minimum atomic E-state index is 0.114. The highest BCUT2D eigenvalue weighted by Gasteiger charge is 2.64. The van der Waals surface area contributed by atoms with Gasteiger partial charge in [0.25, 0.3) is 0 Å². The Labute approximate surface area is 123 Å². The normalized spacial score (nSPS) is 35.1. The van der Waals surface area contributed by atoms with E-state index < -0.39 is 0 Å². The average molecular weight is 281 g/mol. The first-order valence-corrected chi connectivity index (χ1v) is 8.33. The highest BCUT2D eigenvalue weighted by molar-refractivity contribution is 5.13. The van der Waals surface area contributed by atoms with Gasteiger partial charge in [-0.2, -0.15) is 0 Å². The second-order valence-corrected chi connectivity index (χ2v) is 8.24. The SMILES string of the molecule is CC1(C)C(CNC2CCOC3(CCOCC3)C2)C1(C)C. The molecule has 1 N–H and O–H groups in total. The molecule has 2 aliphatic heterocycles. The summed E-state index contributed by atoms with van der Waals surface area (Å²) in [5.41, 5.74) is 1.09. The lowest BCUT2D eigenvalue weighted by Crippen LogP contribution is -2.50. The van der Waals surface area contributed by atoms with E-state index in [1.54, 1.807) is 0 Å². The van der Waals surface area contributed by atoms with E-state index in [0.29, 0.717) is 16.9 Å². The van der Waals surface area contributed by atoms with Crippen LogP contribution >= 0.6 is 0 Å². The third-order valence-corrected chi connectivity index (χ3v) is 6.83. The van der Waals surface area contributed by atoms with Crippen molar-refractivity contribution in [2.75, 3.05) is 26.4 Å². The molecule has 3 fully saturated rings. The molecule has 1 atom stereocenters. The molecule has 1 aliphatic carbocycles. The van der Waals surface area contributed by atoms with E-state index in [4.69, 9.17) is 9.47 Å². The maximum atomic E-state index is 6.12. The molecule has 3 heteroatoms. The first-order valence-electron chi connectivity index (χ1n) is 8.33. The zero-order chi connectivity index (χ0) is 14.4. The Morgan fingerprint density at radius 3 is 2.25 bits per heavy atom. The van der Waals surface area contributed by atoms with Crippen LogP contribution in [0.3, 0.4) is 0 Å². The van der Waals surface area contributed by atoms with E-state index >= 15 is 0 Å². The number of ether oxygens (including phenoxy) is 2. The number of hydrogen-bond acceptors (Lipinski definition) is 3. The Morgan fingerprint density at radius 1 is 1.00 bits per heavy atom. The summed E-state index contributed by atoms with van der Waals surface area (Å²) in [4.78, 5) is 0. The summed E-state index contributed by atoms with van der Waals surface area (Å²) >= 11 is 0. The molecule has 2 heterocycles. The molecule has 116 valence electrons. The van der Waals surface area contributed by atoms with E-state index in [1.807, 2.05) is 0 Å². The van der Waals surface area contributed by atoms with Crippen molar-refractivity contribution >= 4 is 0 Å². The van der Waals surface area contributed by atoms with Crippen LogP contribution in [-0.4, -0.2) is 38.0 Å². The second kappa shape index (κ2) is 4.96. The van der Waals surface area contributed by atoms with Crippen molar-refractivity contribution in [3.8, 4) is 0 Å². The van der Waals surface area contributed by atoms with Crippen LogP contribution in [0.2, 0.25) is 0 Å². The van der Waals surface area contributed by atoms with Gasteiger partial charge in [0, 0.05) is 25.9 Å². The lowest BCUT2D eigenvalue weighted by Gasteiger charge is -2.43. The summed E-state index contributed by atoms with van der Waals surface area (Å²) < 4.78 is 11.6. The Bertz CT molecular complexity index is 338. The van der Waals surface area contributed by atoms with Gasteiger partial charge in [-0.3, -0.25) is 0 Å². The summed E-state index contributed by atoms with van der Waals surface area (Å²) in [6.45, 7) is 13.4. The zero-order valence-electron chi connectivity index (χ0n) is 13.6. The van der Waals surface area contributed by atoms with Crippen molar-refractivity contribution < 1.29 is 9.47 Å². The van der Waals surface area contributed by atoms with Crippen molar-refractivity contribution in [2.45, 2.75) is 65.0 Å². The van der Waals surface area contributed by atoms with Crippen LogP contribution in [0.25, 0.3) is 0 Å². The van der Waals surface area contributed by atoms with Crippen LogP contribution in [0.15, 0.2) is 0 Å². The fraction of sp³-hybridized carbons (Fsp3) is 1.00. The molecule has 1 unspecified atom stereocenters. The van der Waals surface area contributed by atoms with Crippen LogP contribution in [0.5, 0.6) is 0 Å². The smallest absolute Gasteiger partial charge is 0.0741 e. The molecule has 3 nitrogen and oxygen atoms in total.